The summed E-state index contributed by atoms with van der Waals surface area (Å²) in [6.45, 7) is 2.48. The highest BCUT2D eigenvalue weighted by atomic mass is 16.6. The molecule has 0 saturated carbocycles. The zero-order valence-electron chi connectivity index (χ0n) is 7.08. The van der Waals surface area contributed by atoms with E-state index >= 15 is 0 Å². The Labute approximate surface area is 71.9 Å². The van der Waals surface area contributed by atoms with E-state index in [4.69, 9.17) is 9.94 Å². The minimum absolute atomic E-state index is 0.0753. The zero-order valence-corrected chi connectivity index (χ0v) is 7.08. The van der Waals surface area contributed by atoms with Crippen LogP contribution in [-0.4, -0.2) is 18.3 Å². The smallest absolute Gasteiger partial charge is 0.150 e. The summed E-state index contributed by atoms with van der Waals surface area (Å²) in [5.74, 6) is 0.797. The molecule has 12 heavy (non-hydrogen) atoms. The molecule has 0 aliphatic rings. The van der Waals surface area contributed by atoms with Gasteiger partial charge in [0, 0.05) is 0 Å². The Morgan fingerprint density at radius 1 is 1.42 bits per heavy atom. The lowest BCUT2D eigenvalue weighted by Gasteiger charge is -2.07. The summed E-state index contributed by atoms with van der Waals surface area (Å²) in [6, 6.07) is 7.70. The number of aryl methyl sites for hydroxylation is 1. The Bertz CT molecular complexity index is 238. The Kier molecular flexibility index (Phi) is 3.57. The van der Waals surface area contributed by atoms with E-state index in [1.807, 2.05) is 31.2 Å². The molecule has 0 bridgehead atoms. The molecule has 0 spiro atoms. The predicted octanol–water partition coefficient (Wildman–Crippen LogP) is 0.871. The third-order valence-corrected chi connectivity index (χ3v) is 1.49. The average Bonchev–Trinajstić information content (AvgIpc) is 2.09. The second-order valence-electron chi connectivity index (χ2n) is 2.49. The van der Waals surface area contributed by atoms with Crippen molar-refractivity contribution >= 4 is 0 Å². The minimum Gasteiger partial charge on any atom is -0.408 e. The molecule has 0 fully saturated rings. The van der Waals surface area contributed by atoms with Gasteiger partial charge in [-0.05, 0) is 18.6 Å². The van der Waals surface area contributed by atoms with Crippen LogP contribution >= 0.6 is 0 Å². The van der Waals surface area contributed by atoms with Gasteiger partial charge in [0.05, 0.1) is 13.2 Å². The van der Waals surface area contributed by atoms with Crippen LogP contribution in [0.25, 0.3) is 0 Å². The average molecular weight is 167 g/mol. The number of hydrogen-bond donors (Lipinski definition) is 2. The van der Waals surface area contributed by atoms with Crippen molar-refractivity contribution in [1.29, 1.82) is 0 Å². The number of nitrogens with one attached hydrogen (secondary N) is 1. The molecular formula is C9H13NO2. The minimum atomic E-state index is 0.0753. The number of hydroxylamine groups is 1. The SMILES string of the molecule is Cc1ccccc1ONCCO. The zero-order chi connectivity index (χ0) is 8.81. The maximum absolute atomic E-state index is 8.47. The fourth-order valence-electron chi connectivity index (χ4n) is 0.845. The standard InChI is InChI=1S/C9H13NO2/c1-8-4-2-3-5-9(8)12-10-6-7-11/h2-5,10-11H,6-7H2,1H3. The van der Waals surface area contributed by atoms with Gasteiger partial charge < -0.3 is 9.94 Å². The molecule has 2 N–H and O–H groups in total. The van der Waals surface area contributed by atoms with Gasteiger partial charge in [-0.1, -0.05) is 18.2 Å². The molecular weight excluding hydrogens is 154 g/mol. The Hall–Kier alpha value is -1.06. The van der Waals surface area contributed by atoms with Crippen LogP contribution in [0.3, 0.4) is 0 Å². The Morgan fingerprint density at radius 3 is 2.83 bits per heavy atom. The number of aliphatic hydroxyl groups excluding tert-OH is 1. The van der Waals surface area contributed by atoms with E-state index in [0.717, 1.165) is 11.3 Å². The number of hydrogen-bond acceptors (Lipinski definition) is 3. The quantitative estimate of drug-likeness (QED) is 0.516. The molecule has 0 unspecified atom stereocenters. The van der Waals surface area contributed by atoms with Crippen LogP contribution in [0.5, 0.6) is 5.75 Å². The molecule has 0 amide bonds. The first-order valence-electron chi connectivity index (χ1n) is 3.91. The van der Waals surface area contributed by atoms with Crippen molar-refractivity contribution in [3.05, 3.63) is 29.8 Å². The normalized spacial score (nSPS) is 9.83. The van der Waals surface area contributed by atoms with Gasteiger partial charge in [-0.25, -0.2) is 0 Å². The fraction of sp³-hybridized carbons (Fsp3) is 0.333. The van der Waals surface area contributed by atoms with Crippen molar-refractivity contribution in [2.24, 2.45) is 0 Å². The van der Waals surface area contributed by atoms with Gasteiger partial charge in [0.25, 0.3) is 0 Å². The molecule has 0 aromatic heterocycles. The van der Waals surface area contributed by atoms with Crippen LogP contribution in [0, 0.1) is 6.92 Å². The van der Waals surface area contributed by atoms with Crippen molar-refractivity contribution in [3.63, 3.8) is 0 Å². The van der Waals surface area contributed by atoms with E-state index in [1.54, 1.807) is 0 Å². The van der Waals surface area contributed by atoms with Gasteiger partial charge in [0.2, 0.25) is 0 Å². The van der Waals surface area contributed by atoms with Gasteiger partial charge in [0.1, 0.15) is 5.75 Å². The number of benzene rings is 1. The first kappa shape index (κ1) is 9.03. The molecule has 1 rings (SSSR count). The van der Waals surface area contributed by atoms with E-state index < -0.39 is 0 Å². The van der Waals surface area contributed by atoms with Gasteiger partial charge in [-0.3, -0.25) is 0 Å². The number of para-hydroxylation sites is 1. The molecule has 3 nitrogen and oxygen atoms in total. The van der Waals surface area contributed by atoms with Gasteiger partial charge in [0.15, 0.2) is 0 Å². The molecule has 0 aliphatic carbocycles. The second-order valence-corrected chi connectivity index (χ2v) is 2.49. The lowest BCUT2D eigenvalue weighted by molar-refractivity contribution is 0.163. The van der Waals surface area contributed by atoms with Crippen molar-refractivity contribution in [2.45, 2.75) is 6.92 Å². The number of rotatable bonds is 4. The molecule has 0 atom stereocenters. The molecule has 0 radical (unpaired) electrons. The molecule has 66 valence electrons. The monoisotopic (exact) mass is 167 g/mol. The lowest BCUT2D eigenvalue weighted by Crippen LogP contribution is -2.22. The third-order valence-electron chi connectivity index (χ3n) is 1.49. The summed E-state index contributed by atoms with van der Waals surface area (Å²) >= 11 is 0. The molecule has 3 heteroatoms. The lowest BCUT2D eigenvalue weighted by atomic mass is 10.2. The van der Waals surface area contributed by atoms with Gasteiger partial charge in [-0.2, -0.15) is 5.48 Å². The number of aliphatic hydroxyl groups is 1. The molecule has 0 heterocycles. The summed E-state index contributed by atoms with van der Waals surface area (Å²) < 4.78 is 0. The largest absolute Gasteiger partial charge is 0.408 e. The fourth-order valence-corrected chi connectivity index (χ4v) is 0.845. The van der Waals surface area contributed by atoms with Crippen LogP contribution in [-0.2, 0) is 0 Å². The van der Waals surface area contributed by atoms with Crippen molar-refractivity contribution in [3.8, 4) is 5.75 Å². The van der Waals surface area contributed by atoms with Crippen LogP contribution in [0.2, 0.25) is 0 Å². The van der Waals surface area contributed by atoms with Crippen LogP contribution in [0.15, 0.2) is 24.3 Å². The summed E-state index contributed by atoms with van der Waals surface area (Å²) in [5, 5.41) is 8.47. The topological polar surface area (TPSA) is 41.5 Å². The summed E-state index contributed by atoms with van der Waals surface area (Å²) in [6.07, 6.45) is 0. The highest BCUT2D eigenvalue weighted by Crippen LogP contribution is 2.14. The van der Waals surface area contributed by atoms with Crippen LogP contribution < -0.4 is 10.3 Å². The highest BCUT2D eigenvalue weighted by Gasteiger charge is 1.95. The molecule has 1 aromatic rings. The summed E-state index contributed by atoms with van der Waals surface area (Å²) in [4.78, 5) is 5.17. The van der Waals surface area contributed by atoms with Gasteiger partial charge >= 0.3 is 0 Å². The van der Waals surface area contributed by atoms with Crippen molar-refractivity contribution in [1.82, 2.24) is 5.48 Å². The van der Waals surface area contributed by atoms with E-state index in [2.05, 4.69) is 5.48 Å². The van der Waals surface area contributed by atoms with Crippen LogP contribution in [0.1, 0.15) is 5.56 Å². The Morgan fingerprint density at radius 2 is 2.17 bits per heavy atom. The first-order valence-corrected chi connectivity index (χ1v) is 3.91. The first-order chi connectivity index (χ1) is 5.84. The second kappa shape index (κ2) is 4.74. The maximum atomic E-state index is 8.47. The molecule has 0 aliphatic heterocycles. The Balaban J connectivity index is 2.46. The van der Waals surface area contributed by atoms with Gasteiger partial charge in [-0.15, -0.1) is 0 Å². The van der Waals surface area contributed by atoms with Crippen molar-refractivity contribution in [2.75, 3.05) is 13.2 Å². The molecule has 1 aromatic carbocycles. The van der Waals surface area contributed by atoms with Crippen LogP contribution in [0.4, 0.5) is 0 Å². The highest BCUT2D eigenvalue weighted by molar-refractivity contribution is 5.31. The molecule has 0 saturated heterocycles. The van der Waals surface area contributed by atoms with Crippen molar-refractivity contribution < 1.29 is 9.94 Å². The van der Waals surface area contributed by atoms with E-state index in [1.165, 1.54) is 0 Å². The summed E-state index contributed by atoms with van der Waals surface area (Å²) in [7, 11) is 0. The summed E-state index contributed by atoms with van der Waals surface area (Å²) in [5.41, 5.74) is 3.71. The predicted molar refractivity (Wildman–Crippen MR) is 46.9 cm³/mol. The maximum Gasteiger partial charge on any atom is 0.150 e. The van der Waals surface area contributed by atoms with E-state index in [-0.39, 0.29) is 6.61 Å². The van der Waals surface area contributed by atoms with E-state index in [9.17, 15) is 0 Å². The third kappa shape index (κ3) is 2.53. The van der Waals surface area contributed by atoms with E-state index in [0.29, 0.717) is 6.54 Å².